The summed E-state index contributed by atoms with van der Waals surface area (Å²) in [5.74, 6) is -1.87. The van der Waals surface area contributed by atoms with Crippen molar-refractivity contribution in [1.29, 1.82) is 0 Å². The first-order valence-corrected chi connectivity index (χ1v) is 16.8. The number of aromatic nitrogens is 3. The molecule has 2 unspecified atom stereocenters. The SMILES string of the molecule is C=CCN(Cn1nnc2ccccc21)C(=O)C1N([C@@H](CC)CO)C(=O)[C@@H]2[C@H](C(=O)N(CC=C)Cc3ccccc3)[C@]3(C)CCC12S3. The average molecular weight is 643 g/mol. The molecular weight excluding hydrogens is 600 g/mol. The molecule has 46 heavy (non-hydrogen) atoms. The standard InChI is InChI=1S/C35H42N6O4S/c1-5-19-38(21-24-13-9-8-10-14-24)31(43)28-29-32(44)41(25(7-3)22-42)30(35(29)18-17-34(28,4)46-35)33(45)39(20-6-2)23-40-27-16-12-11-15-26(27)36-37-40/h5-6,8-16,25,28-30,42H,1-2,7,17-23H2,3-4H3/t25-,28+,29-,30?,34-,35?/m0/s1. The van der Waals surface area contributed by atoms with Gasteiger partial charge in [0.15, 0.2) is 0 Å². The third-order valence-electron chi connectivity index (χ3n) is 10.1. The molecule has 6 rings (SSSR count). The van der Waals surface area contributed by atoms with Crippen LogP contribution in [0.15, 0.2) is 79.9 Å². The van der Waals surface area contributed by atoms with E-state index in [0.29, 0.717) is 32.4 Å². The molecule has 2 aromatic carbocycles. The topological polar surface area (TPSA) is 112 Å². The third-order valence-corrected chi connectivity index (χ3v) is 12.0. The molecule has 3 fully saturated rings. The fourth-order valence-corrected chi connectivity index (χ4v) is 10.3. The minimum atomic E-state index is -0.858. The third kappa shape index (κ3) is 5.13. The van der Waals surface area contributed by atoms with Crippen LogP contribution in [0.4, 0.5) is 0 Å². The maximum atomic E-state index is 14.9. The van der Waals surface area contributed by atoms with Crippen molar-refractivity contribution in [2.75, 3.05) is 19.7 Å². The van der Waals surface area contributed by atoms with Gasteiger partial charge in [-0.2, -0.15) is 0 Å². The van der Waals surface area contributed by atoms with E-state index in [-0.39, 0.29) is 37.5 Å². The number of aliphatic hydroxyl groups is 1. The smallest absolute Gasteiger partial charge is 0.248 e. The van der Waals surface area contributed by atoms with Gasteiger partial charge >= 0.3 is 0 Å². The maximum Gasteiger partial charge on any atom is 0.248 e. The summed E-state index contributed by atoms with van der Waals surface area (Å²) in [6.45, 7) is 12.6. The summed E-state index contributed by atoms with van der Waals surface area (Å²) in [6.07, 6.45) is 5.18. The quantitative estimate of drug-likeness (QED) is 0.282. The van der Waals surface area contributed by atoms with Crippen LogP contribution in [0.2, 0.25) is 0 Å². The number of amides is 3. The van der Waals surface area contributed by atoms with E-state index < -0.39 is 33.4 Å². The van der Waals surface area contributed by atoms with E-state index in [2.05, 4.69) is 30.4 Å². The first-order valence-electron chi connectivity index (χ1n) is 16.0. The predicted molar refractivity (Wildman–Crippen MR) is 178 cm³/mol. The van der Waals surface area contributed by atoms with Crippen molar-refractivity contribution in [3.05, 3.63) is 85.5 Å². The van der Waals surface area contributed by atoms with Gasteiger partial charge in [-0.3, -0.25) is 14.4 Å². The van der Waals surface area contributed by atoms with Gasteiger partial charge in [0.2, 0.25) is 17.7 Å². The molecule has 2 bridgehead atoms. The van der Waals surface area contributed by atoms with Crippen molar-refractivity contribution < 1.29 is 19.5 Å². The molecule has 1 N–H and O–H groups in total. The molecule has 4 heterocycles. The van der Waals surface area contributed by atoms with Crippen LogP contribution in [-0.4, -0.2) is 93.8 Å². The Morgan fingerprint density at radius 2 is 1.76 bits per heavy atom. The summed E-state index contributed by atoms with van der Waals surface area (Å²) in [6, 6.07) is 15.9. The van der Waals surface area contributed by atoms with Crippen molar-refractivity contribution in [3.63, 3.8) is 0 Å². The molecule has 3 aliphatic rings. The molecule has 242 valence electrons. The number of rotatable bonds is 13. The molecule has 3 amide bonds. The van der Waals surface area contributed by atoms with Gasteiger partial charge in [0.05, 0.1) is 34.7 Å². The van der Waals surface area contributed by atoms with Crippen LogP contribution in [0.25, 0.3) is 11.0 Å². The van der Waals surface area contributed by atoms with Crippen LogP contribution in [0.3, 0.4) is 0 Å². The van der Waals surface area contributed by atoms with Crippen molar-refractivity contribution in [3.8, 4) is 0 Å². The molecular formula is C35H42N6O4S. The Balaban J connectivity index is 1.39. The Morgan fingerprint density at radius 3 is 2.46 bits per heavy atom. The fourth-order valence-electron chi connectivity index (χ4n) is 7.94. The molecule has 0 aliphatic carbocycles. The van der Waals surface area contributed by atoms with Crippen molar-refractivity contribution >= 4 is 40.5 Å². The van der Waals surface area contributed by atoms with Crippen LogP contribution in [0, 0.1) is 11.8 Å². The average Bonchev–Trinajstić information content (AvgIpc) is 3.77. The highest BCUT2D eigenvalue weighted by molar-refractivity contribution is 8.02. The molecule has 10 nitrogen and oxygen atoms in total. The monoisotopic (exact) mass is 642 g/mol. The number of fused-ring (bicyclic) bond motifs is 2. The largest absolute Gasteiger partial charge is 0.394 e. The molecule has 3 saturated heterocycles. The Morgan fingerprint density at radius 1 is 1.07 bits per heavy atom. The van der Waals surface area contributed by atoms with Gasteiger partial charge in [0.25, 0.3) is 0 Å². The van der Waals surface area contributed by atoms with Gasteiger partial charge < -0.3 is 19.8 Å². The highest BCUT2D eigenvalue weighted by Gasteiger charge is 2.78. The summed E-state index contributed by atoms with van der Waals surface area (Å²) in [4.78, 5) is 49.3. The van der Waals surface area contributed by atoms with Crippen LogP contribution < -0.4 is 0 Å². The summed E-state index contributed by atoms with van der Waals surface area (Å²) in [7, 11) is 0. The van der Waals surface area contributed by atoms with Gasteiger partial charge in [-0.25, -0.2) is 4.68 Å². The zero-order valence-corrected chi connectivity index (χ0v) is 27.3. The molecule has 6 atom stereocenters. The molecule has 0 radical (unpaired) electrons. The van der Waals surface area contributed by atoms with Crippen LogP contribution >= 0.6 is 11.8 Å². The second-order valence-corrected chi connectivity index (χ2v) is 14.7. The van der Waals surface area contributed by atoms with E-state index in [1.165, 1.54) is 0 Å². The normalized spacial score (nSPS) is 27.1. The van der Waals surface area contributed by atoms with Gasteiger partial charge in [-0.1, -0.05) is 66.8 Å². The molecule has 1 spiro atoms. The lowest BCUT2D eigenvalue weighted by Gasteiger charge is -2.39. The Bertz CT molecular complexity index is 1640. The van der Waals surface area contributed by atoms with E-state index in [0.717, 1.165) is 16.6 Å². The first kappa shape index (κ1) is 32.0. The Hall–Kier alpha value is -3.96. The predicted octanol–water partition coefficient (Wildman–Crippen LogP) is 3.87. The zero-order chi connectivity index (χ0) is 32.6. The fraction of sp³-hybridized carbons (Fsp3) is 0.457. The number of carbonyl (C=O) groups excluding carboxylic acids is 3. The number of hydrogen-bond donors (Lipinski definition) is 1. The van der Waals surface area contributed by atoms with Crippen molar-refractivity contribution in [1.82, 2.24) is 29.7 Å². The number of carbonyl (C=O) groups is 3. The lowest BCUT2D eigenvalue weighted by Crippen LogP contribution is -2.57. The lowest BCUT2D eigenvalue weighted by molar-refractivity contribution is -0.148. The number of nitrogens with zero attached hydrogens (tertiary/aromatic N) is 6. The lowest BCUT2D eigenvalue weighted by atomic mass is 9.66. The number of thioether (sulfide) groups is 1. The van der Waals surface area contributed by atoms with Crippen LogP contribution in [0.5, 0.6) is 0 Å². The zero-order valence-electron chi connectivity index (χ0n) is 26.5. The summed E-state index contributed by atoms with van der Waals surface area (Å²) in [5, 5.41) is 19.1. The van der Waals surface area contributed by atoms with Gasteiger partial charge in [-0.15, -0.1) is 30.0 Å². The van der Waals surface area contributed by atoms with Crippen molar-refractivity contribution in [2.24, 2.45) is 11.8 Å². The van der Waals surface area contributed by atoms with E-state index in [4.69, 9.17) is 0 Å². The second kappa shape index (κ2) is 12.7. The Kier molecular flexibility index (Phi) is 8.82. The number of likely N-dealkylation sites (tertiary alicyclic amines) is 1. The van der Waals surface area contributed by atoms with E-state index in [1.54, 1.807) is 43.3 Å². The summed E-state index contributed by atoms with van der Waals surface area (Å²) in [5.41, 5.74) is 2.50. The number of para-hydroxylation sites is 1. The van der Waals surface area contributed by atoms with Crippen LogP contribution in [0.1, 0.15) is 38.7 Å². The molecule has 3 aromatic rings. The van der Waals surface area contributed by atoms with Crippen molar-refractivity contribution in [2.45, 2.75) is 67.9 Å². The van der Waals surface area contributed by atoms with E-state index >= 15 is 0 Å². The summed E-state index contributed by atoms with van der Waals surface area (Å²) < 4.78 is 0.340. The molecule has 11 heteroatoms. The highest BCUT2D eigenvalue weighted by atomic mass is 32.2. The molecule has 3 aliphatic heterocycles. The minimum Gasteiger partial charge on any atom is -0.394 e. The second-order valence-electron chi connectivity index (χ2n) is 12.8. The van der Waals surface area contributed by atoms with E-state index in [9.17, 15) is 19.5 Å². The van der Waals surface area contributed by atoms with Gasteiger partial charge in [0, 0.05) is 24.4 Å². The molecule has 0 saturated carbocycles. The first-order chi connectivity index (χ1) is 22.2. The number of hydrogen-bond acceptors (Lipinski definition) is 7. The van der Waals surface area contributed by atoms with E-state index in [1.807, 2.05) is 61.5 Å². The van der Waals surface area contributed by atoms with Gasteiger partial charge in [0.1, 0.15) is 18.2 Å². The van der Waals surface area contributed by atoms with Crippen LogP contribution in [-0.2, 0) is 27.6 Å². The molecule has 1 aromatic heterocycles. The maximum absolute atomic E-state index is 14.9. The number of aliphatic hydroxyl groups excluding tert-OH is 1. The highest BCUT2D eigenvalue weighted by Crippen LogP contribution is 2.72. The Labute approximate surface area is 274 Å². The minimum absolute atomic E-state index is 0.0965. The summed E-state index contributed by atoms with van der Waals surface area (Å²) >= 11 is 1.63. The van der Waals surface area contributed by atoms with Gasteiger partial charge in [-0.05, 0) is 43.9 Å². The number of benzene rings is 2.